The lowest BCUT2D eigenvalue weighted by atomic mass is 10.2. The van der Waals surface area contributed by atoms with Crippen molar-refractivity contribution in [2.75, 3.05) is 18.8 Å². The zero-order valence-electron chi connectivity index (χ0n) is 19.6. The number of thiazole rings is 1. The summed E-state index contributed by atoms with van der Waals surface area (Å²) < 4.78 is 4.54. The van der Waals surface area contributed by atoms with Crippen LogP contribution in [0.3, 0.4) is 0 Å². The van der Waals surface area contributed by atoms with E-state index < -0.39 is 0 Å². The van der Waals surface area contributed by atoms with E-state index in [2.05, 4.69) is 0 Å². The van der Waals surface area contributed by atoms with Crippen LogP contribution in [0.25, 0.3) is 21.7 Å². The van der Waals surface area contributed by atoms with Crippen LogP contribution in [0.1, 0.15) is 25.0 Å². The third kappa shape index (κ3) is 4.47. The number of nitrogens with zero attached hydrogens (tertiary/aromatic N) is 4. The second kappa shape index (κ2) is 10.2. The number of amides is 1. The molecule has 0 saturated heterocycles. The van der Waals surface area contributed by atoms with Crippen LogP contribution in [-0.2, 0) is 4.79 Å². The van der Waals surface area contributed by atoms with Gasteiger partial charge in [-0.2, -0.15) is 0 Å². The van der Waals surface area contributed by atoms with Gasteiger partial charge in [0.05, 0.1) is 17.1 Å². The van der Waals surface area contributed by atoms with Gasteiger partial charge in [0.1, 0.15) is 4.70 Å². The van der Waals surface area contributed by atoms with Crippen LogP contribution in [0.2, 0.25) is 0 Å². The van der Waals surface area contributed by atoms with Crippen molar-refractivity contribution in [2.45, 2.75) is 32.9 Å². The number of hydrogen-bond acceptors (Lipinski definition) is 6. The molecular weight excluding hydrogens is 485 g/mol. The number of fused-ring (bicyclic) bond motifs is 1. The lowest BCUT2D eigenvalue weighted by Gasteiger charge is -2.19. The van der Waals surface area contributed by atoms with Gasteiger partial charge in [0.15, 0.2) is 14.8 Å². The molecule has 0 radical (unpaired) electrons. The molecule has 6 nitrogen and oxygen atoms in total. The molecule has 0 aliphatic rings. The zero-order valence-corrected chi connectivity index (χ0v) is 22.0. The Bertz CT molecular complexity index is 1480. The highest BCUT2D eigenvalue weighted by atomic mass is 32.2. The second-order valence-corrected chi connectivity index (χ2v) is 10.4. The highest BCUT2D eigenvalue weighted by Crippen LogP contribution is 2.29. The quantitative estimate of drug-likeness (QED) is 0.185. The lowest BCUT2D eigenvalue weighted by Crippen LogP contribution is -2.32. The van der Waals surface area contributed by atoms with E-state index in [-0.39, 0.29) is 17.2 Å². The minimum atomic E-state index is -0.180. The van der Waals surface area contributed by atoms with Crippen molar-refractivity contribution in [1.29, 1.82) is 0 Å². The molecule has 0 atom stereocenters. The summed E-state index contributed by atoms with van der Waals surface area (Å²) in [7, 11) is 0. The summed E-state index contributed by atoms with van der Waals surface area (Å²) in [5.74, 6) is 0.211. The van der Waals surface area contributed by atoms with E-state index in [1.54, 1.807) is 9.47 Å². The number of aromatic nitrogens is 3. The fraction of sp³-hybridized carbons (Fsp3) is 0.280. The fourth-order valence-electron chi connectivity index (χ4n) is 3.88. The van der Waals surface area contributed by atoms with Crippen LogP contribution < -0.4 is 5.56 Å². The van der Waals surface area contributed by atoms with Crippen LogP contribution in [0.15, 0.2) is 58.5 Å². The minimum Gasteiger partial charge on any atom is -0.343 e. The first-order valence-corrected chi connectivity index (χ1v) is 13.3. The van der Waals surface area contributed by atoms with Gasteiger partial charge in [-0.3, -0.25) is 18.7 Å². The average Bonchev–Trinajstić information content (AvgIpc) is 3.15. The van der Waals surface area contributed by atoms with E-state index in [0.29, 0.717) is 32.5 Å². The van der Waals surface area contributed by atoms with E-state index >= 15 is 0 Å². The standard InChI is InChI=1S/C25H26N4O2S3/c1-5-27(6-2)20(30)15-33-24-26-22-21(23(31)29(24)19-14-10-8-12-17(19)4)34-25(32)28(22)18-13-9-7-11-16(18)3/h7-14H,5-6,15H2,1-4H3. The number of para-hydroxylation sites is 2. The van der Waals surface area contributed by atoms with Crippen molar-refractivity contribution in [3.05, 3.63) is 74.0 Å². The summed E-state index contributed by atoms with van der Waals surface area (Å²) in [4.78, 5) is 33.3. The predicted molar refractivity (Wildman–Crippen MR) is 144 cm³/mol. The minimum absolute atomic E-state index is 0.0155. The van der Waals surface area contributed by atoms with Crippen LogP contribution in [0, 0.1) is 17.8 Å². The largest absolute Gasteiger partial charge is 0.343 e. The SMILES string of the molecule is CCN(CC)C(=O)CSc1nc2c(sc(=S)n2-c2ccccc2C)c(=O)n1-c1ccccc1C. The van der Waals surface area contributed by atoms with Crippen molar-refractivity contribution in [1.82, 2.24) is 19.0 Å². The van der Waals surface area contributed by atoms with Crippen LogP contribution in [0.4, 0.5) is 0 Å². The molecule has 2 heterocycles. The Kier molecular flexibility index (Phi) is 7.35. The van der Waals surface area contributed by atoms with Gasteiger partial charge in [-0.1, -0.05) is 59.5 Å². The van der Waals surface area contributed by atoms with E-state index in [4.69, 9.17) is 17.2 Å². The Morgan fingerprint density at radius 2 is 1.56 bits per heavy atom. The van der Waals surface area contributed by atoms with Gasteiger partial charge in [-0.05, 0) is 63.2 Å². The highest BCUT2D eigenvalue weighted by molar-refractivity contribution is 7.99. The molecule has 4 rings (SSSR count). The van der Waals surface area contributed by atoms with Gasteiger partial charge in [-0.25, -0.2) is 4.98 Å². The van der Waals surface area contributed by atoms with Crippen molar-refractivity contribution in [2.24, 2.45) is 0 Å². The number of rotatable bonds is 7. The fourth-order valence-corrected chi connectivity index (χ4v) is 6.07. The molecule has 0 bridgehead atoms. The molecule has 0 fully saturated rings. The summed E-state index contributed by atoms with van der Waals surface area (Å²) in [6.07, 6.45) is 0. The molecule has 0 unspecified atom stereocenters. The van der Waals surface area contributed by atoms with Gasteiger partial charge in [0, 0.05) is 13.1 Å². The smallest absolute Gasteiger partial charge is 0.278 e. The third-order valence-electron chi connectivity index (χ3n) is 5.73. The molecule has 1 amide bonds. The first kappa shape index (κ1) is 24.4. The molecule has 4 aromatic rings. The molecule has 0 saturated carbocycles. The number of hydrogen-bond donors (Lipinski definition) is 0. The van der Waals surface area contributed by atoms with Crippen molar-refractivity contribution in [3.63, 3.8) is 0 Å². The molecule has 2 aromatic carbocycles. The molecule has 0 N–H and O–H groups in total. The van der Waals surface area contributed by atoms with E-state index in [1.807, 2.05) is 80.8 Å². The number of aryl methyl sites for hydroxylation is 2. The highest BCUT2D eigenvalue weighted by Gasteiger charge is 2.21. The topological polar surface area (TPSA) is 60.1 Å². The monoisotopic (exact) mass is 510 g/mol. The normalized spacial score (nSPS) is 11.2. The summed E-state index contributed by atoms with van der Waals surface area (Å²) in [6, 6.07) is 15.6. The third-order valence-corrected chi connectivity index (χ3v) is 8.01. The average molecular weight is 511 g/mol. The van der Waals surface area contributed by atoms with Gasteiger partial charge >= 0.3 is 0 Å². The Hall–Kier alpha value is -2.75. The van der Waals surface area contributed by atoms with Gasteiger partial charge in [0.2, 0.25) is 5.91 Å². The maximum Gasteiger partial charge on any atom is 0.278 e. The van der Waals surface area contributed by atoms with Crippen LogP contribution in [-0.4, -0.2) is 43.8 Å². The van der Waals surface area contributed by atoms with Crippen molar-refractivity contribution in [3.8, 4) is 11.4 Å². The maximum atomic E-state index is 13.8. The van der Waals surface area contributed by atoms with Crippen LogP contribution in [0.5, 0.6) is 0 Å². The maximum absolute atomic E-state index is 13.8. The Morgan fingerprint density at radius 3 is 2.12 bits per heavy atom. The number of carbonyl (C=O) groups is 1. The molecule has 0 aliphatic heterocycles. The zero-order chi connectivity index (χ0) is 24.4. The number of benzene rings is 2. The first-order chi connectivity index (χ1) is 16.4. The first-order valence-electron chi connectivity index (χ1n) is 11.1. The second-order valence-electron chi connectivity index (χ2n) is 7.82. The summed E-state index contributed by atoms with van der Waals surface area (Å²) in [5.41, 5.74) is 3.98. The molecule has 2 aromatic heterocycles. The van der Waals surface area contributed by atoms with E-state index in [9.17, 15) is 9.59 Å². The molecule has 176 valence electrons. The molecule has 34 heavy (non-hydrogen) atoms. The predicted octanol–water partition coefficient (Wildman–Crippen LogP) is 5.54. The van der Waals surface area contributed by atoms with Gasteiger partial charge < -0.3 is 4.90 Å². The van der Waals surface area contributed by atoms with Crippen LogP contribution >= 0.6 is 35.3 Å². The molecule has 0 spiro atoms. The van der Waals surface area contributed by atoms with E-state index in [0.717, 1.165) is 22.5 Å². The Labute approximate surface area is 211 Å². The van der Waals surface area contributed by atoms with Crippen molar-refractivity contribution >= 4 is 51.6 Å². The summed E-state index contributed by atoms with van der Waals surface area (Å²) >= 11 is 8.23. The van der Waals surface area contributed by atoms with E-state index in [1.165, 1.54) is 23.1 Å². The Morgan fingerprint density at radius 1 is 1.00 bits per heavy atom. The number of carbonyl (C=O) groups excluding carboxylic acids is 1. The molecular formula is C25H26N4O2S3. The van der Waals surface area contributed by atoms with Gasteiger partial charge in [-0.15, -0.1) is 0 Å². The van der Waals surface area contributed by atoms with Gasteiger partial charge in [0.25, 0.3) is 5.56 Å². The Balaban J connectivity index is 1.96. The number of thioether (sulfide) groups is 1. The summed E-state index contributed by atoms with van der Waals surface area (Å²) in [6.45, 7) is 9.17. The molecule has 9 heteroatoms. The lowest BCUT2D eigenvalue weighted by molar-refractivity contribution is -0.127. The van der Waals surface area contributed by atoms with Crippen molar-refractivity contribution < 1.29 is 4.79 Å². The summed E-state index contributed by atoms with van der Waals surface area (Å²) in [5, 5.41) is 0.474. The molecule has 0 aliphatic carbocycles.